The zero-order valence-corrected chi connectivity index (χ0v) is 21.0. The molecule has 0 amide bonds. The maximum Gasteiger partial charge on any atom is 0.229 e. The predicted octanol–water partition coefficient (Wildman–Crippen LogP) is 4.82. The Hall–Kier alpha value is -3.20. The van der Waals surface area contributed by atoms with Crippen molar-refractivity contribution in [3.63, 3.8) is 0 Å². The minimum atomic E-state index is 0.367. The number of hydrogen-bond acceptors (Lipinski definition) is 8. The fraction of sp³-hybridized carbons (Fsp3) is 0.370. The second-order valence-corrected chi connectivity index (χ2v) is 9.89. The lowest BCUT2D eigenvalue weighted by Crippen LogP contribution is -2.51. The molecule has 5 rings (SSSR count). The van der Waals surface area contributed by atoms with Crippen LogP contribution in [-0.4, -0.2) is 59.4 Å². The highest BCUT2D eigenvalue weighted by Gasteiger charge is 2.27. The molecule has 1 saturated heterocycles. The molecule has 4 N–H and O–H groups in total. The van der Waals surface area contributed by atoms with E-state index in [2.05, 4.69) is 42.5 Å². The molecule has 8 nitrogen and oxygen atoms in total. The van der Waals surface area contributed by atoms with Gasteiger partial charge in [0.05, 0.1) is 11.9 Å². The van der Waals surface area contributed by atoms with Crippen molar-refractivity contribution in [2.24, 2.45) is 5.73 Å². The van der Waals surface area contributed by atoms with Crippen LogP contribution in [0, 0.1) is 0 Å². The fourth-order valence-corrected chi connectivity index (χ4v) is 5.19. The molecule has 0 radical (unpaired) electrons. The minimum absolute atomic E-state index is 0.367. The number of piperazine rings is 1. The van der Waals surface area contributed by atoms with Crippen LogP contribution in [0.4, 0.5) is 28.8 Å². The van der Waals surface area contributed by atoms with E-state index in [1.807, 2.05) is 18.2 Å². The van der Waals surface area contributed by atoms with E-state index in [4.69, 9.17) is 17.3 Å². The van der Waals surface area contributed by atoms with Crippen LogP contribution in [0.3, 0.4) is 0 Å². The van der Waals surface area contributed by atoms with E-state index in [1.54, 1.807) is 18.2 Å². The number of carbonyl (C=O) groups is 1. The molecule has 2 aliphatic rings. The molecular formula is C27H32ClN7O. The molecule has 3 aromatic rings. The maximum atomic E-state index is 11.3. The number of rotatable bonds is 7. The average Bonchev–Trinajstić information content (AvgIpc) is 2.92. The van der Waals surface area contributed by atoms with E-state index >= 15 is 0 Å². The summed E-state index contributed by atoms with van der Waals surface area (Å²) >= 11 is 6.30. The van der Waals surface area contributed by atoms with Gasteiger partial charge in [0, 0.05) is 55.2 Å². The van der Waals surface area contributed by atoms with Crippen LogP contribution in [0.1, 0.15) is 36.0 Å². The summed E-state index contributed by atoms with van der Waals surface area (Å²) in [6, 6.07) is 16.6. The Morgan fingerprint density at radius 3 is 2.39 bits per heavy atom. The number of nitrogens with zero attached hydrogens (tertiary/aromatic N) is 4. The Morgan fingerprint density at radius 1 is 0.944 bits per heavy atom. The zero-order valence-electron chi connectivity index (χ0n) is 20.2. The van der Waals surface area contributed by atoms with E-state index in [1.165, 1.54) is 24.7 Å². The lowest BCUT2D eigenvalue weighted by molar-refractivity contribution is 0.112. The summed E-state index contributed by atoms with van der Waals surface area (Å²) in [7, 11) is 0. The number of para-hydroxylation sites is 1. The smallest absolute Gasteiger partial charge is 0.229 e. The predicted molar refractivity (Wildman–Crippen MR) is 146 cm³/mol. The molecule has 0 spiro atoms. The lowest BCUT2D eigenvalue weighted by Gasteiger charge is -2.42. The molecule has 0 bridgehead atoms. The molecule has 1 aliphatic carbocycles. The second kappa shape index (κ2) is 11.2. The van der Waals surface area contributed by atoms with Crippen LogP contribution < -0.4 is 21.3 Å². The van der Waals surface area contributed by atoms with Gasteiger partial charge in [-0.05, 0) is 62.1 Å². The molecule has 1 aliphatic heterocycles. The van der Waals surface area contributed by atoms with Gasteiger partial charge in [-0.25, -0.2) is 4.98 Å². The number of aldehydes is 1. The van der Waals surface area contributed by atoms with Crippen LogP contribution in [0.25, 0.3) is 0 Å². The molecule has 36 heavy (non-hydrogen) atoms. The first kappa shape index (κ1) is 24.5. The molecule has 2 aromatic carbocycles. The van der Waals surface area contributed by atoms with Gasteiger partial charge < -0.3 is 21.3 Å². The minimum Gasteiger partial charge on any atom is -0.369 e. The second-order valence-electron chi connectivity index (χ2n) is 9.48. The van der Waals surface area contributed by atoms with Crippen LogP contribution in [-0.2, 0) is 0 Å². The van der Waals surface area contributed by atoms with E-state index in [0.717, 1.165) is 51.0 Å². The number of hydrogen-bond donors (Lipinski definition) is 3. The fourth-order valence-electron chi connectivity index (χ4n) is 5.05. The highest BCUT2D eigenvalue weighted by atomic mass is 35.5. The summed E-state index contributed by atoms with van der Waals surface area (Å²) < 4.78 is 0. The largest absolute Gasteiger partial charge is 0.369 e. The third kappa shape index (κ3) is 5.78. The molecule has 1 aromatic heterocycles. The van der Waals surface area contributed by atoms with Crippen molar-refractivity contribution >= 4 is 46.7 Å². The summed E-state index contributed by atoms with van der Waals surface area (Å²) in [6.07, 6.45) is 7.10. The van der Waals surface area contributed by atoms with E-state index in [-0.39, 0.29) is 0 Å². The standard InChI is InChI=1S/C27H32ClN7O/c28-24-17-30-27(33-26(24)32-25-4-2-1-3-19(25)18-36)31-21-7-11-23(12-8-21)35-15-13-34(14-16-35)22-9-5-20(29)6-10-22/h1-4,7-8,11-12,17-18,20,22H,5-6,9-10,13-16,29H2,(H2,30,31,32,33). The molecule has 1 saturated carbocycles. The van der Waals surface area contributed by atoms with Crippen molar-refractivity contribution < 1.29 is 4.79 Å². The van der Waals surface area contributed by atoms with Gasteiger partial charge in [0.25, 0.3) is 0 Å². The van der Waals surface area contributed by atoms with Gasteiger partial charge in [-0.15, -0.1) is 0 Å². The summed E-state index contributed by atoms with van der Waals surface area (Å²) in [4.78, 5) is 25.2. The first-order valence-corrected chi connectivity index (χ1v) is 12.9. The highest BCUT2D eigenvalue weighted by Crippen LogP contribution is 2.28. The molecule has 2 heterocycles. The van der Waals surface area contributed by atoms with Crippen molar-refractivity contribution in [2.45, 2.75) is 37.8 Å². The van der Waals surface area contributed by atoms with Gasteiger partial charge in [0.15, 0.2) is 12.1 Å². The van der Waals surface area contributed by atoms with Crippen LogP contribution >= 0.6 is 11.6 Å². The number of anilines is 5. The summed E-state index contributed by atoms with van der Waals surface area (Å²) in [5.41, 5.74) is 9.35. The lowest BCUT2D eigenvalue weighted by atomic mass is 9.90. The van der Waals surface area contributed by atoms with E-state index in [9.17, 15) is 4.79 Å². The zero-order chi connectivity index (χ0) is 24.9. The van der Waals surface area contributed by atoms with Crippen molar-refractivity contribution in [3.8, 4) is 0 Å². The Bertz CT molecular complexity index is 1170. The summed E-state index contributed by atoms with van der Waals surface area (Å²) in [5.74, 6) is 0.844. The van der Waals surface area contributed by atoms with Crippen molar-refractivity contribution in [2.75, 3.05) is 41.7 Å². The normalized spacial score (nSPS) is 20.7. The number of halogens is 1. The molecular weight excluding hydrogens is 474 g/mol. The van der Waals surface area contributed by atoms with Crippen LogP contribution in [0.2, 0.25) is 5.02 Å². The highest BCUT2D eigenvalue weighted by molar-refractivity contribution is 6.33. The average molecular weight is 506 g/mol. The van der Waals surface area contributed by atoms with Crippen molar-refractivity contribution in [3.05, 3.63) is 65.3 Å². The van der Waals surface area contributed by atoms with E-state index in [0.29, 0.717) is 40.1 Å². The van der Waals surface area contributed by atoms with Crippen molar-refractivity contribution in [1.29, 1.82) is 0 Å². The van der Waals surface area contributed by atoms with Gasteiger partial charge in [-0.1, -0.05) is 23.7 Å². The summed E-state index contributed by atoms with van der Waals surface area (Å²) in [5, 5.41) is 6.74. The third-order valence-electron chi connectivity index (χ3n) is 7.15. The Labute approximate surface area is 216 Å². The number of nitrogens with one attached hydrogen (secondary N) is 2. The first-order valence-electron chi connectivity index (χ1n) is 12.5. The molecule has 9 heteroatoms. The SMILES string of the molecule is NC1CCC(N2CCN(c3ccc(Nc4ncc(Cl)c(Nc5ccccc5C=O)n4)cc3)CC2)CC1. The van der Waals surface area contributed by atoms with Gasteiger partial charge in [-0.3, -0.25) is 9.69 Å². The van der Waals surface area contributed by atoms with Gasteiger partial charge in [0.1, 0.15) is 5.02 Å². The Morgan fingerprint density at radius 2 is 1.67 bits per heavy atom. The molecule has 0 atom stereocenters. The topological polar surface area (TPSA) is 99.4 Å². The quantitative estimate of drug-likeness (QED) is 0.393. The van der Waals surface area contributed by atoms with Crippen molar-refractivity contribution in [1.82, 2.24) is 14.9 Å². The Kier molecular flexibility index (Phi) is 7.65. The van der Waals surface area contributed by atoms with Crippen LogP contribution in [0.5, 0.6) is 0 Å². The molecule has 188 valence electrons. The van der Waals surface area contributed by atoms with Crippen LogP contribution in [0.15, 0.2) is 54.7 Å². The molecule has 2 fully saturated rings. The Balaban J connectivity index is 1.19. The number of carbonyl (C=O) groups excluding carboxylic acids is 1. The molecule has 0 unspecified atom stereocenters. The maximum absolute atomic E-state index is 11.3. The third-order valence-corrected chi connectivity index (χ3v) is 7.42. The monoisotopic (exact) mass is 505 g/mol. The van der Waals surface area contributed by atoms with Gasteiger partial charge in [-0.2, -0.15) is 4.98 Å². The van der Waals surface area contributed by atoms with E-state index < -0.39 is 0 Å². The van der Waals surface area contributed by atoms with Gasteiger partial charge >= 0.3 is 0 Å². The number of nitrogens with two attached hydrogens (primary N) is 1. The number of benzene rings is 2. The first-order chi connectivity index (χ1) is 17.6. The number of aromatic nitrogens is 2. The summed E-state index contributed by atoms with van der Waals surface area (Å²) in [6.45, 7) is 4.27. The van der Waals surface area contributed by atoms with Gasteiger partial charge in [0.2, 0.25) is 5.95 Å².